The van der Waals surface area contributed by atoms with Crippen molar-refractivity contribution in [2.45, 2.75) is 50.0 Å². The fraction of sp³-hybridized carbons (Fsp3) is 0.800. The molecule has 2 radical (unpaired) electrons. The maximum Gasteiger partial charge on any atom is 0.00863 e. The third-order valence-electron chi connectivity index (χ3n) is 1.70. The van der Waals surface area contributed by atoms with Crippen LogP contribution in [0.3, 0.4) is 0 Å². The summed E-state index contributed by atoms with van der Waals surface area (Å²) in [6, 6.07) is 0. The average Bonchev–Trinajstić information content (AvgIpc) is 1.85. The van der Waals surface area contributed by atoms with Gasteiger partial charge in [-0.1, -0.05) is 20.8 Å². The van der Waals surface area contributed by atoms with Crippen LogP contribution < -0.4 is 0 Å². The van der Waals surface area contributed by atoms with E-state index in [-0.39, 0.29) is 0 Å². The predicted octanol–water partition coefficient (Wildman–Crippen LogP) is 3.48. The molecule has 0 nitrogen and oxygen atoms in total. The number of thioether (sulfide) groups is 1. The van der Waals surface area contributed by atoms with Gasteiger partial charge in [0.05, 0.1) is 0 Å². The first-order valence-electron chi connectivity index (χ1n) is 4.41. The van der Waals surface area contributed by atoms with E-state index in [0.717, 1.165) is 5.25 Å². The quantitative estimate of drug-likeness (QED) is 0.580. The Bertz CT molecular complexity index is 107. The summed E-state index contributed by atoms with van der Waals surface area (Å²) in [4.78, 5) is 0. The van der Waals surface area contributed by atoms with Crippen LogP contribution in [0.15, 0.2) is 0 Å². The van der Waals surface area contributed by atoms with E-state index in [4.69, 9.17) is 0 Å². The van der Waals surface area contributed by atoms with E-state index in [1.165, 1.54) is 19.3 Å². The Kier molecular flexibility index (Phi) is 3.29. The number of hydrogen-bond acceptors (Lipinski definition) is 1. The molecule has 0 heterocycles. The second kappa shape index (κ2) is 3.84. The molecule has 1 aliphatic rings. The van der Waals surface area contributed by atoms with Gasteiger partial charge in [-0.25, -0.2) is 0 Å². The van der Waals surface area contributed by atoms with E-state index in [9.17, 15) is 0 Å². The highest BCUT2D eigenvalue weighted by molar-refractivity contribution is 8.01. The molecule has 0 amide bonds. The SMILES string of the molecule is CC(C)(C)SC1[CH]CC[CH]C1. The second-order valence-corrected chi connectivity index (χ2v) is 6.17. The first-order valence-corrected chi connectivity index (χ1v) is 5.29. The maximum absolute atomic E-state index is 2.47. The molecule has 64 valence electrons. The molecule has 0 aromatic carbocycles. The highest BCUT2D eigenvalue weighted by atomic mass is 32.2. The van der Waals surface area contributed by atoms with Crippen molar-refractivity contribution in [2.24, 2.45) is 0 Å². The first kappa shape index (κ1) is 9.44. The normalized spacial score (nSPS) is 22.1. The van der Waals surface area contributed by atoms with Crippen LogP contribution in [0.25, 0.3) is 0 Å². The van der Waals surface area contributed by atoms with Crippen molar-refractivity contribution in [3.05, 3.63) is 12.8 Å². The van der Waals surface area contributed by atoms with Crippen LogP contribution in [0.2, 0.25) is 0 Å². The minimum atomic E-state index is 0.423. The van der Waals surface area contributed by atoms with Crippen LogP contribution in [0.5, 0.6) is 0 Å². The third-order valence-corrected chi connectivity index (χ3v) is 3.10. The molecule has 0 aromatic heterocycles. The summed E-state index contributed by atoms with van der Waals surface area (Å²) in [5, 5.41) is 0.781. The molecule has 0 spiro atoms. The monoisotopic (exact) mass is 170 g/mol. The standard InChI is InChI=1S/C10H18S/c1-10(2,3)11-9-7-5-4-6-8-9/h5,8-9H,4,6-7H2,1-3H3. The Morgan fingerprint density at radius 3 is 2.45 bits per heavy atom. The Hall–Kier alpha value is 0.350. The number of rotatable bonds is 1. The Balaban J connectivity index is 2.24. The van der Waals surface area contributed by atoms with Gasteiger partial charge in [0.15, 0.2) is 0 Å². The molecule has 1 fully saturated rings. The van der Waals surface area contributed by atoms with Crippen molar-refractivity contribution in [1.82, 2.24) is 0 Å². The van der Waals surface area contributed by atoms with Crippen molar-refractivity contribution < 1.29 is 0 Å². The maximum atomic E-state index is 2.47. The molecule has 1 atom stereocenters. The van der Waals surface area contributed by atoms with Crippen molar-refractivity contribution in [2.75, 3.05) is 0 Å². The van der Waals surface area contributed by atoms with Gasteiger partial charge >= 0.3 is 0 Å². The van der Waals surface area contributed by atoms with Gasteiger partial charge in [-0.3, -0.25) is 0 Å². The molecule has 0 aliphatic heterocycles. The summed E-state index contributed by atoms with van der Waals surface area (Å²) in [6.07, 6.45) is 8.75. The molecule has 1 saturated carbocycles. The van der Waals surface area contributed by atoms with E-state index in [1.807, 2.05) is 0 Å². The molecule has 0 aromatic rings. The lowest BCUT2D eigenvalue weighted by Crippen LogP contribution is -2.18. The molecule has 1 unspecified atom stereocenters. The lowest BCUT2D eigenvalue weighted by Gasteiger charge is -2.27. The van der Waals surface area contributed by atoms with E-state index >= 15 is 0 Å². The van der Waals surface area contributed by atoms with Gasteiger partial charge in [0, 0.05) is 10.00 Å². The van der Waals surface area contributed by atoms with E-state index in [2.05, 4.69) is 45.4 Å². The molecule has 1 heteroatoms. The second-order valence-electron chi connectivity index (χ2n) is 4.11. The van der Waals surface area contributed by atoms with Crippen LogP contribution in [-0.2, 0) is 0 Å². The fourth-order valence-corrected chi connectivity index (χ4v) is 2.70. The van der Waals surface area contributed by atoms with Gasteiger partial charge in [-0.05, 0) is 32.1 Å². The lowest BCUT2D eigenvalue weighted by atomic mass is 10.0. The fourth-order valence-electron chi connectivity index (χ4n) is 1.33. The van der Waals surface area contributed by atoms with Gasteiger partial charge in [-0.2, -0.15) is 11.8 Å². The summed E-state index contributed by atoms with van der Waals surface area (Å²) in [6.45, 7) is 6.88. The summed E-state index contributed by atoms with van der Waals surface area (Å²) < 4.78 is 0.423. The molecule has 0 saturated heterocycles. The largest absolute Gasteiger partial charge is 0.152 e. The van der Waals surface area contributed by atoms with Crippen LogP contribution in [0.1, 0.15) is 40.0 Å². The lowest BCUT2D eigenvalue weighted by molar-refractivity contribution is 0.710. The van der Waals surface area contributed by atoms with E-state index < -0.39 is 0 Å². The summed E-state index contributed by atoms with van der Waals surface area (Å²) in [7, 11) is 0. The smallest absolute Gasteiger partial charge is 0.00863 e. The van der Waals surface area contributed by atoms with Crippen molar-refractivity contribution in [1.29, 1.82) is 0 Å². The molecular weight excluding hydrogens is 152 g/mol. The van der Waals surface area contributed by atoms with Crippen molar-refractivity contribution in [3.8, 4) is 0 Å². The average molecular weight is 170 g/mol. The summed E-state index contributed by atoms with van der Waals surface area (Å²) in [5.74, 6) is 0. The zero-order valence-corrected chi connectivity index (χ0v) is 8.58. The minimum absolute atomic E-state index is 0.423. The molecule has 11 heavy (non-hydrogen) atoms. The molecule has 0 bridgehead atoms. The molecule has 1 aliphatic carbocycles. The minimum Gasteiger partial charge on any atom is -0.152 e. The van der Waals surface area contributed by atoms with E-state index in [0.29, 0.717) is 4.75 Å². The van der Waals surface area contributed by atoms with Crippen LogP contribution >= 0.6 is 11.8 Å². The Morgan fingerprint density at radius 1 is 1.27 bits per heavy atom. The van der Waals surface area contributed by atoms with Crippen molar-refractivity contribution >= 4 is 11.8 Å². The first-order chi connectivity index (χ1) is 5.08. The highest BCUT2D eigenvalue weighted by Crippen LogP contribution is 2.35. The number of hydrogen-bond donors (Lipinski definition) is 0. The van der Waals surface area contributed by atoms with Gasteiger partial charge in [0.1, 0.15) is 0 Å². The summed E-state index contributed by atoms with van der Waals surface area (Å²) >= 11 is 2.09. The topological polar surface area (TPSA) is 0 Å². The van der Waals surface area contributed by atoms with Crippen LogP contribution in [0, 0.1) is 12.8 Å². The zero-order valence-electron chi connectivity index (χ0n) is 7.76. The molecule has 0 N–H and O–H groups in total. The van der Waals surface area contributed by atoms with Crippen LogP contribution in [-0.4, -0.2) is 10.00 Å². The zero-order chi connectivity index (χ0) is 8.32. The third kappa shape index (κ3) is 4.05. The van der Waals surface area contributed by atoms with Crippen LogP contribution in [0.4, 0.5) is 0 Å². The molecular formula is C10H18S. The van der Waals surface area contributed by atoms with E-state index in [1.54, 1.807) is 0 Å². The highest BCUT2D eigenvalue weighted by Gasteiger charge is 2.20. The van der Waals surface area contributed by atoms with Gasteiger partial charge < -0.3 is 0 Å². The predicted molar refractivity (Wildman–Crippen MR) is 53.6 cm³/mol. The summed E-state index contributed by atoms with van der Waals surface area (Å²) in [5.41, 5.74) is 0. The van der Waals surface area contributed by atoms with Gasteiger partial charge in [0.25, 0.3) is 0 Å². The molecule has 1 rings (SSSR count). The Morgan fingerprint density at radius 2 is 2.00 bits per heavy atom. The Labute approximate surface area is 75.1 Å². The van der Waals surface area contributed by atoms with Gasteiger partial charge in [-0.15, -0.1) is 0 Å². The van der Waals surface area contributed by atoms with Crippen molar-refractivity contribution in [3.63, 3.8) is 0 Å². The van der Waals surface area contributed by atoms with Gasteiger partial charge in [0.2, 0.25) is 0 Å².